The zero-order chi connectivity index (χ0) is 19.8. The highest BCUT2D eigenvalue weighted by Gasteiger charge is 2.18. The Morgan fingerprint density at radius 3 is 2.59 bits per heavy atom. The predicted molar refractivity (Wildman–Crippen MR) is 103 cm³/mol. The molecule has 0 radical (unpaired) electrons. The van der Waals surface area contributed by atoms with Crippen molar-refractivity contribution in [2.45, 2.75) is 19.9 Å². The molecule has 2 aromatic carbocycles. The van der Waals surface area contributed by atoms with Gasteiger partial charge in [0, 0.05) is 17.6 Å². The number of nitrogens with one attached hydrogen (secondary N) is 1. The number of nitro benzene ring substituents is 1. The molecule has 0 saturated carbocycles. The van der Waals surface area contributed by atoms with Crippen molar-refractivity contribution < 1.29 is 9.72 Å². The fourth-order valence-corrected chi connectivity index (χ4v) is 2.79. The molecule has 0 aliphatic rings. The molecule has 0 unspecified atom stereocenters. The second-order valence-corrected chi connectivity index (χ2v) is 6.42. The minimum absolute atomic E-state index is 0.0909. The molecule has 8 heteroatoms. The summed E-state index contributed by atoms with van der Waals surface area (Å²) in [6.07, 6.45) is 0.852. The Morgan fingerprint density at radius 2 is 2.00 bits per heavy atom. The fraction of sp³-hybridized carbons (Fsp3) is 0.263. The molecule has 2 aromatic rings. The van der Waals surface area contributed by atoms with Gasteiger partial charge in [0.2, 0.25) is 5.91 Å². The largest absolute Gasteiger partial charge is 0.319 e. The monoisotopic (exact) mass is 386 g/mol. The van der Waals surface area contributed by atoms with Crippen molar-refractivity contribution in [2.75, 3.05) is 18.4 Å². The van der Waals surface area contributed by atoms with Crippen LogP contribution in [0.2, 0.25) is 5.02 Å². The van der Waals surface area contributed by atoms with Gasteiger partial charge in [0.25, 0.3) is 5.69 Å². The number of hydrogen-bond donors (Lipinski definition) is 1. The van der Waals surface area contributed by atoms with Crippen molar-refractivity contribution in [1.29, 1.82) is 5.26 Å². The summed E-state index contributed by atoms with van der Waals surface area (Å²) >= 11 is 5.79. The minimum atomic E-state index is -0.581. The fourth-order valence-electron chi connectivity index (χ4n) is 2.63. The van der Waals surface area contributed by atoms with Crippen LogP contribution in [0.1, 0.15) is 24.5 Å². The normalized spacial score (nSPS) is 10.4. The lowest BCUT2D eigenvalue weighted by Crippen LogP contribution is -2.33. The molecule has 1 amide bonds. The average molecular weight is 387 g/mol. The summed E-state index contributed by atoms with van der Waals surface area (Å²) in [5.74, 6) is -0.345. The van der Waals surface area contributed by atoms with E-state index in [2.05, 4.69) is 11.4 Å². The number of rotatable bonds is 8. The number of carbonyl (C=O) groups excluding carboxylic acids is 1. The van der Waals surface area contributed by atoms with Crippen LogP contribution in [0.5, 0.6) is 0 Å². The van der Waals surface area contributed by atoms with E-state index in [1.165, 1.54) is 18.2 Å². The van der Waals surface area contributed by atoms with Crippen LogP contribution in [-0.2, 0) is 11.3 Å². The van der Waals surface area contributed by atoms with E-state index in [0.29, 0.717) is 18.7 Å². The lowest BCUT2D eigenvalue weighted by Gasteiger charge is -2.21. The second kappa shape index (κ2) is 9.67. The molecular formula is C19H19ClN4O3. The summed E-state index contributed by atoms with van der Waals surface area (Å²) < 4.78 is 0. The highest BCUT2D eigenvalue weighted by Crippen LogP contribution is 2.27. The first kappa shape index (κ1) is 20.4. The number of carbonyl (C=O) groups is 1. The molecule has 0 aliphatic heterocycles. The number of benzene rings is 2. The Kier molecular flexibility index (Phi) is 7.29. The molecule has 27 heavy (non-hydrogen) atoms. The number of nitrogens with zero attached hydrogens (tertiary/aromatic N) is 3. The lowest BCUT2D eigenvalue weighted by atomic mass is 10.1. The van der Waals surface area contributed by atoms with Crippen LogP contribution in [-0.4, -0.2) is 28.8 Å². The zero-order valence-corrected chi connectivity index (χ0v) is 15.6. The smallest absolute Gasteiger partial charge is 0.294 e. The molecule has 0 spiro atoms. The second-order valence-electron chi connectivity index (χ2n) is 5.99. The summed E-state index contributed by atoms with van der Waals surface area (Å²) in [7, 11) is 0. The molecule has 0 fully saturated rings. The van der Waals surface area contributed by atoms with E-state index >= 15 is 0 Å². The van der Waals surface area contributed by atoms with Gasteiger partial charge in [0.1, 0.15) is 5.69 Å². The van der Waals surface area contributed by atoms with Crippen molar-refractivity contribution in [1.82, 2.24) is 4.90 Å². The maximum absolute atomic E-state index is 12.4. The first-order valence-corrected chi connectivity index (χ1v) is 8.76. The van der Waals surface area contributed by atoms with Gasteiger partial charge >= 0.3 is 0 Å². The molecular weight excluding hydrogens is 368 g/mol. The molecule has 7 nitrogen and oxygen atoms in total. The Bertz CT molecular complexity index is 862. The zero-order valence-electron chi connectivity index (χ0n) is 14.8. The van der Waals surface area contributed by atoms with Crippen LogP contribution in [0.4, 0.5) is 11.4 Å². The summed E-state index contributed by atoms with van der Waals surface area (Å²) in [5.41, 5.74) is 1.43. The van der Waals surface area contributed by atoms with Crippen LogP contribution in [0.3, 0.4) is 0 Å². The number of halogens is 1. The molecule has 0 heterocycles. The van der Waals surface area contributed by atoms with Crippen LogP contribution >= 0.6 is 11.6 Å². The van der Waals surface area contributed by atoms with Crippen LogP contribution < -0.4 is 5.32 Å². The summed E-state index contributed by atoms with van der Waals surface area (Å²) in [6, 6.07) is 13.4. The Hall–Kier alpha value is -2.95. The van der Waals surface area contributed by atoms with Crippen molar-refractivity contribution in [2.24, 2.45) is 0 Å². The van der Waals surface area contributed by atoms with Gasteiger partial charge in [-0.2, -0.15) is 5.26 Å². The van der Waals surface area contributed by atoms with E-state index in [9.17, 15) is 14.9 Å². The molecule has 0 aliphatic carbocycles. The number of hydrogen-bond acceptors (Lipinski definition) is 5. The maximum atomic E-state index is 12.4. The summed E-state index contributed by atoms with van der Waals surface area (Å²) in [5, 5.41) is 22.8. The van der Waals surface area contributed by atoms with Crippen molar-refractivity contribution in [3.63, 3.8) is 0 Å². The van der Waals surface area contributed by atoms with Gasteiger partial charge in [-0.05, 0) is 42.8 Å². The molecule has 140 valence electrons. The highest BCUT2D eigenvalue weighted by atomic mass is 35.5. The van der Waals surface area contributed by atoms with Crippen LogP contribution in [0, 0.1) is 21.4 Å². The molecule has 2 rings (SSSR count). The van der Waals surface area contributed by atoms with Gasteiger partial charge in [-0.1, -0.05) is 30.7 Å². The third-order valence-corrected chi connectivity index (χ3v) is 4.06. The predicted octanol–water partition coefficient (Wildman–Crippen LogP) is 3.97. The van der Waals surface area contributed by atoms with Gasteiger partial charge < -0.3 is 5.32 Å². The van der Waals surface area contributed by atoms with Gasteiger partial charge in [0.15, 0.2) is 0 Å². The topological polar surface area (TPSA) is 99.3 Å². The highest BCUT2D eigenvalue weighted by molar-refractivity contribution is 6.31. The third-order valence-electron chi connectivity index (χ3n) is 3.83. The standard InChI is InChI=1S/C19H19ClN4O3/c1-2-9-23(12-15-5-3-14(11-21)4-6-15)13-19(25)22-17-8-7-16(20)10-18(17)24(26)27/h3-8,10H,2,9,12-13H2,1H3,(H,22,25). The molecule has 0 bridgehead atoms. The number of anilines is 1. The third kappa shape index (κ3) is 6.06. The van der Waals surface area contributed by atoms with Gasteiger partial charge in [-0.15, -0.1) is 0 Å². The van der Waals surface area contributed by atoms with E-state index in [4.69, 9.17) is 16.9 Å². The summed E-state index contributed by atoms with van der Waals surface area (Å²) in [4.78, 5) is 24.9. The van der Waals surface area contributed by atoms with E-state index < -0.39 is 4.92 Å². The quantitative estimate of drug-likeness (QED) is 0.546. The SMILES string of the molecule is CCCN(CC(=O)Nc1ccc(Cl)cc1[N+](=O)[O-])Cc1ccc(C#N)cc1. The van der Waals surface area contributed by atoms with Gasteiger partial charge in [-0.3, -0.25) is 19.8 Å². The van der Waals surface area contributed by atoms with Crippen molar-refractivity contribution >= 4 is 28.9 Å². The van der Waals surface area contributed by atoms with Crippen LogP contribution in [0.15, 0.2) is 42.5 Å². The number of nitro groups is 1. The van der Waals surface area contributed by atoms with Crippen LogP contribution in [0.25, 0.3) is 0 Å². The first-order valence-electron chi connectivity index (χ1n) is 8.38. The number of amides is 1. The maximum Gasteiger partial charge on any atom is 0.294 e. The van der Waals surface area contributed by atoms with Gasteiger partial charge in [-0.25, -0.2) is 0 Å². The minimum Gasteiger partial charge on any atom is -0.319 e. The molecule has 0 atom stereocenters. The van der Waals surface area contributed by atoms with Crippen molar-refractivity contribution in [3.8, 4) is 6.07 Å². The Morgan fingerprint density at radius 1 is 1.30 bits per heavy atom. The van der Waals surface area contributed by atoms with Gasteiger partial charge in [0.05, 0.1) is 23.1 Å². The van der Waals surface area contributed by atoms with E-state index in [0.717, 1.165) is 12.0 Å². The molecule has 0 saturated heterocycles. The van der Waals surface area contributed by atoms with E-state index in [-0.39, 0.29) is 28.8 Å². The summed E-state index contributed by atoms with van der Waals surface area (Å²) in [6.45, 7) is 3.33. The molecule has 1 N–H and O–H groups in total. The van der Waals surface area contributed by atoms with E-state index in [1.54, 1.807) is 12.1 Å². The Labute approximate surface area is 162 Å². The van der Waals surface area contributed by atoms with Crippen molar-refractivity contribution in [3.05, 3.63) is 68.7 Å². The Balaban J connectivity index is 2.06. The van der Waals surface area contributed by atoms with E-state index in [1.807, 2.05) is 24.0 Å². The molecule has 0 aromatic heterocycles. The lowest BCUT2D eigenvalue weighted by molar-refractivity contribution is -0.383. The number of nitriles is 1. The first-order chi connectivity index (χ1) is 12.9. The average Bonchev–Trinajstić information content (AvgIpc) is 2.63.